The minimum absolute atomic E-state index is 0.186. The standard InChI is InChI=1S/C22H28N8O/c1-3-19(31)30-10-8-29(9-11-30)18-14-25-21(23)20(28-18)22-26-13-17(27-22)16-6-4-15(5-7-16)12-24-2/h4-7,13-14,24H,3,8-12H2,1-2H3,(H2,23,25)(H,26,27). The summed E-state index contributed by atoms with van der Waals surface area (Å²) < 4.78 is 0. The number of amides is 1. The normalized spacial score (nSPS) is 14.1. The fraction of sp³-hybridized carbons (Fsp3) is 0.364. The molecule has 1 aromatic carbocycles. The number of anilines is 2. The Balaban J connectivity index is 1.52. The van der Waals surface area contributed by atoms with Crippen molar-refractivity contribution in [2.24, 2.45) is 0 Å². The molecule has 1 amide bonds. The van der Waals surface area contributed by atoms with Gasteiger partial charge in [0.15, 0.2) is 17.3 Å². The van der Waals surface area contributed by atoms with E-state index in [9.17, 15) is 4.79 Å². The predicted octanol–water partition coefficient (Wildman–Crippen LogP) is 1.89. The number of nitrogens with zero attached hydrogens (tertiary/aromatic N) is 5. The first-order valence-corrected chi connectivity index (χ1v) is 10.5. The Morgan fingerprint density at radius 3 is 2.55 bits per heavy atom. The fourth-order valence-corrected chi connectivity index (χ4v) is 3.72. The van der Waals surface area contributed by atoms with Gasteiger partial charge in [0.05, 0.1) is 18.1 Å². The molecule has 0 atom stereocenters. The molecule has 0 spiro atoms. The maximum atomic E-state index is 11.9. The Bertz CT molecular complexity index is 1040. The molecule has 3 aromatic rings. The Labute approximate surface area is 181 Å². The summed E-state index contributed by atoms with van der Waals surface area (Å²) in [6.07, 6.45) is 4.00. The SMILES string of the molecule is CCC(=O)N1CCN(c2cnc(N)c(-c3ncc(-c4ccc(CNC)cc4)[nH]3)n2)CC1. The molecule has 0 bridgehead atoms. The molecule has 1 aliphatic heterocycles. The van der Waals surface area contributed by atoms with Gasteiger partial charge >= 0.3 is 0 Å². The van der Waals surface area contributed by atoms with Crippen molar-refractivity contribution in [2.45, 2.75) is 19.9 Å². The number of imidazole rings is 1. The van der Waals surface area contributed by atoms with Gasteiger partial charge < -0.3 is 25.8 Å². The lowest BCUT2D eigenvalue weighted by molar-refractivity contribution is -0.131. The highest BCUT2D eigenvalue weighted by atomic mass is 16.2. The molecule has 4 N–H and O–H groups in total. The summed E-state index contributed by atoms with van der Waals surface area (Å²) in [5.74, 6) is 1.84. The van der Waals surface area contributed by atoms with E-state index in [1.165, 1.54) is 5.56 Å². The second-order valence-corrected chi connectivity index (χ2v) is 7.56. The van der Waals surface area contributed by atoms with Gasteiger partial charge in [-0.3, -0.25) is 4.79 Å². The first-order chi connectivity index (χ1) is 15.1. The minimum Gasteiger partial charge on any atom is -0.382 e. The van der Waals surface area contributed by atoms with Crippen LogP contribution in [-0.2, 0) is 11.3 Å². The van der Waals surface area contributed by atoms with Crippen LogP contribution in [-0.4, -0.2) is 64.0 Å². The second-order valence-electron chi connectivity index (χ2n) is 7.56. The lowest BCUT2D eigenvalue weighted by Gasteiger charge is -2.35. The van der Waals surface area contributed by atoms with Gasteiger partial charge in [-0.25, -0.2) is 15.0 Å². The van der Waals surface area contributed by atoms with Crippen LogP contribution < -0.4 is 16.0 Å². The van der Waals surface area contributed by atoms with Gasteiger partial charge in [0.1, 0.15) is 5.82 Å². The van der Waals surface area contributed by atoms with E-state index in [2.05, 4.69) is 49.4 Å². The number of nitrogen functional groups attached to an aromatic ring is 1. The van der Waals surface area contributed by atoms with Crippen LogP contribution in [0.25, 0.3) is 22.8 Å². The fourth-order valence-electron chi connectivity index (χ4n) is 3.72. The monoisotopic (exact) mass is 420 g/mol. The van der Waals surface area contributed by atoms with E-state index < -0.39 is 0 Å². The molecule has 1 aliphatic rings. The number of nitrogens with one attached hydrogen (secondary N) is 2. The summed E-state index contributed by atoms with van der Waals surface area (Å²) >= 11 is 0. The van der Waals surface area contributed by atoms with E-state index in [0.717, 1.165) is 23.6 Å². The molecule has 0 radical (unpaired) electrons. The van der Waals surface area contributed by atoms with Crippen molar-refractivity contribution in [2.75, 3.05) is 43.9 Å². The van der Waals surface area contributed by atoms with E-state index in [4.69, 9.17) is 10.7 Å². The zero-order chi connectivity index (χ0) is 21.8. The third-order valence-corrected chi connectivity index (χ3v) is 5.49. The largest absolute Gasteiger partial charge is 0.382 e. The van der Waals surface area contributed by atoms with E-state index in [0.29, 0.717) is 49.9 Å². The maximum absolute atomic E-state index is 11.9. The highest BCUT2D eigenvalue weighted by molar-refractivity contribution is 5.76. The molecule has 3 heterocycles. The summed E-state index contributed by atoms with van der Waals surface area (Å²) in [6.45, 7) is 5.51. The average molecular weight is 421 g/mol. The van der Waals surface area contributed by atoms with Crippen LogP contribution in [0.15, 0.2) is 36.7 Å². The molecule has 1 saturated heterocycles. The number of rotatable bonds is 6. The van der Waals surface area contributed by atoms with Crippen LogP contribution in [0.4, 0.5) is 11.6 Å². The summed E-state index contributed by atoms with van der Waals surface area (Å²) in [5.41, 5.74) is 9.80. The number of hydrogen-bond donors (Lipinski definition) is 3. The van der Waals surface area contributed by atoms with Gasteiger partial charge in [-0.15, -0.1) is 0 Å². The summed E-state index contributed by atoms with van der Waals surface area (Å²) in [5, 5.41) is 3.15. The number of H-pyrrole nitrogens is 1. The molecule has 2 aromatic heterocycles. The van der Waals surface area contributed by atoms with Gasteiger partial charge in [0.25, 0.3) is 0 Å². The topological polar surface area (TPSA) is 116 Å². The predicted molar refractivity (Wildman–Crippen MR) is 121 cm³/mol. The van der Waals surface area contributed by atoms with Crippen LogP contribution in [0.2, 0.25) is 0 Å². The van der Waals surface area contributed by atoms with Crippen molar-refractivity contribution in [3.63, 3.8) is 0 Å². The molecule has 9 nitrogen and oxygen atoms in total. The number of hydrogen-bond acceptors (Lipinski definition) is 7. The molecule has 1 fully saturated rings. The van der Waals surface area contributed by atoms with Gasteiger partial charge in [-0.1, -0.05) is 31.2 Å². The molecule has 4 rings (SSSR count). The zero-order valence-electron chi connectivity index (χ0n) is 17.9. The van der Waals surface area contributed by atoms with Crippen molar-refractivity contribution < 1.29 is 4.79 Å². The summed E-state index contributed by atoms with van der Waals surface area (Å²) in [7, 11) is 1.93. The van der Waals surface area contributed by atoms with Crippen molar-refractivity contribution >= 4 is 17.5 Å². The van der Waals surface area contributed by atoms with Crippen molar-refractivity contribution in [3.05, 3.63) is 42.2 Å². The number of benzene rings is 1. The molecule has 0 saturated carbocycles. The first-order valence-electron chi connectivity index (χ1n) is 10.5. The van der Waals surface area contributed by atoms with Crippen LogP contribution in [0.3, 0.4) is 0 Å². The third kappa shape index (κ3) is 4.51. The second kappa shape index (κ2) is 9.13. The van der Waals surface area contributed by atoms with E-state index >= 15 is 0 Å². The molecular formula is C22H28N8O. The highest BCUT2D eigenvalue weighted by Gasteiger charge is 2.22. The molecular weight excluding hydrogens is 392 g/mol. The van der Waals surface area contributed by atoms with Crippen molar-refractivity contribution in [1.82, 2.24) is 30.2 Å². The molecule has 162 valence electrons. The molecule has 9 heteroatoms. The van der Waals surface area contributed by atoms with E-state index in [1.54, 1.807) is 12.4 Å². The van der Waals surface area contributed by atoms with Gasteiger partial charge in [0.2, 0.25) is 5.91 Å². The Morgan fingerprint density at radius 1 is 1.13 bits per heavy atom. The number of carbonyl (C=O) groups is 1. The van der Waals surface area contributed by atoms with Crippen LogP contribution in [0.1, 0.15) is 18.9 Å². The Kier molecular flexibility index (Phi) is 6.13. The number of carbonyl (C=O) groups excluding carboxylic acids is 1. The lowest BCUT2D eigenvalue weighted by atomic mass is 10.1. The lowest BCUT2D eigenvalue weighted by Crippen LogP contribution is -2.48. The minimum atomic E-state index is 0.186. The number of aromatic nitrogens is 4. The molecule has 31 heavy (non-hydrogen) atoms. The first kappa shape index (κ1) is 20.8. The Hall–Kier alpha value is -3.46. The van der Waals surface area contributed by atoms with Crippen LogP contribution >= 0.6 is 0 Å². The smallest absolute Gasteiger partial charge is 0.222 e. The van der Waals surface area contributed by atoms with Gasteiger partial charge in [-0.2, -0.15) is 0 Å². The molecule has 0 unspecified atom stereocenters. The van der Waals surface area contributed by atoms with E-state index in [-0.39, 0.29) is 5.91 Å². The van der Waals surface area contributed by atoms with Crippen molar-refractivity contribution in [1.29, 1.82) is 0 Å². The third-order valence-electron chi connectivity index (χ3n) is 5.49. The van der Waals surface area contributed by atoms with Crippen molar-refractivity contribution in [3.8, 4) is 22.8 Å². The zero-order valence-corrected chi connectivity index (χ0v) is 17.9. The quantitative estimate of drug-likeness (QED) is 0.558. The number of nitrogens with two attached hydrogens (primary N) is 1. The van der Waals surface area contributed by atoms with Crippen LogP contribution in [0.5, 0.6) is 0 Å². The number of piperazine rings is 1. The van der Waals surface area contributed by atoms with E-state index in [1.807, 2.05) is 18.9 Å². The summed E-state index contributed by atoms with van der Waals surface area (Å²) in [6, 6.07) is 8.30. The molecule has 0 aliphatic carbocycles. The van der Waals surface area contributed by atoms with Crippen LogP contribution in [0, 0.1) is 0 Å². The summed E-state index contributed by atoms with van der Waals surface area (Å²) in [4.78, 5) is 32.8. The number of aromatic amines is 1. The van der Waals surface area contributed by atoms with Gasteiger partial charge in [-0.05, 0) is 18.2 Å². The highest BCUT2D eigenvalue weighted by Crippen LogP contribution is 2.26. The van der Waals surface area contributed by atoms with Gasteiger partial charge in [0, 0.05) is 39.1 Å². The maximum Gasteiger partial charge on any atom is 0.222 e. The Morgan fingerprint density at radius 2 is 1.87 bits per heavy atom. The average Bonchev–Trinajstić information content (AvgIpc) is 3.30.